The van der Waals surface area contributed by atoms with Gasteiger partial charge in [-0.25, -0.2) is 0 Å². The molecule has 6 nitrogen and oxygen atoms in total. The van der Waals surface area contributed by atoms with Crippen LogP contribution in [0.25, 0.3) is 0 Å². The molecule has 0 spiro atoms. The average Bonchev–Trinajstić information content (AvgIpc) is 2.50. The van der Waals surface area contributed by atoms with Crippen LogP contribution in [0.2, 0.25) is 0 Å². The van der Waals surface area contributed by atoms with Crippen LogP contribution in [0, 0.1) is 0 Å². The van der Waals surface area contributed by atoms with Crippen LogP contribution in [0.5, 0.6) is 0 Å². The number of likely N-dealkylation sites (N-methyl/N-ethyl adjacent to an activating group) is 1. The van der Waals surface area contributed by atoms with Gasteiger partial charge >= 0.3 is 0 Å². The Morgan fingerprint density at radius 3 is 2.77 bits per heavy atom. The third-order valence-electron chi connectivity index (χ3n) is 4.18. The zero-order valence-electron chi connectivity index (χ0n) is 13.5. The Labute approximate surface area is 133 Å². The van der Waals surface area contributed by atoms with E-state index >= 15 is 0 Å². The predicted octanol–water partition coefficient (Wildman–Crippen LogP) is 1.15. The molecule has 0 saturated carbocycles. The van der Waals surface area contributed by atoms with Crippen molar-refractivity contribution in [1.82, 2.24) is 0 Å². The molecule has 0 radical (unpaired) electrons. The van der Waals surface area contributed by atoms with Crippen LogP contribution in [0.4, 0.5) is 17.1 Å². The van der Waals surface area contributed by atoms with Gasteiger partial charge in [0.15, 0.2) is 0 Å². The Morgan fingerprint density at radius 1 is 1.23 bits per heavy atom. The number of benzene rings is 1. The first-order valence-corrected chi connectivity index (χ1v) is 7.97. The molecule has 5 N–H and O–H groups in total. The molecule has 0 atom stereocenters. The van der Waals surface area contributed by atoms with Crippen LogP contribution in [-0.2, 0) is 9.47 Å². The van der Waals surface area contributed by atoms with Crippen LogP contribution >= 0.6 is 0 Å². The number of hydrogen-bond donors (Lipinski definition) is 3. The van der Waals surface area contributed by atoms with Crippen LogP contribution in [0.3, 0.4) is 0 Å². The van der Waals surface area contributed by atoms with Gasteiger partial charge < -0.3 is 30.7 Å². The van der Waals surface area contributed by atoms with E-state index in [-0.39, 0.29) is 0 Å². The number of hydrogen-bond acceptors (Lipinski definition) is 5. The maximum atomic E-state index is 5.88. The van der Waals surface area contributed by atoms with E-state index in [2.05, 4.69) is 12.4 Å². The van der Waals surface area contributed by atoms with Gasteiger partial charge in [0.1, 0.15) is 13.1 Å². The highest BCUT2D eigenvalue weighted by atomic mass is 16.5. The van der Waals surface area contributed by atoms with Crippen LogP contribution < -0.4 is 16.8 Å². The third-order valence-corrected chi connectivity index (χ3v) is 4.18. The molecule has 1 saturated heterocycles. The molecule has 124 valence electrons. The fourth-order valence-corrected chi connectivity index (χ4v) is 2.64. The van der Waals surface area contributed by atoms with Crippen LogP contribution in [0.1, 0.15) is 6.42 Å². The molecule has 2 rings (SSSR count). The molecule has 0 aromatic heterocycles. The molecule has 0 amide bonds. The van der Waals surface area contributed by atoms with Crippen molar-refractivity contribution in [3.63, 3.8) is 0 Å². The number of morpholine rings is 1. The van der Waals surface area contributed by atoms with Crippen LogP contribution in [-0.4, -0.2) is 64.1 Å². The Hall–Kier alpha value is -1.50. The molecule has 1 aliphatic heterocycles. The number of anilines is 3. The van der Waals surface area contributed by atoms with Gasteiger partial charge in [0.05, 0.1) is 51.4 Å². The minimum atomic E-state index is 0.668. The highest BCUT2D eigenvalue weighted by Crippen LogP contribution is 2.20. The van der Waals surface area contributed by atoms with Gasteiger partial charge in [0.2, 0.25) is 0 Å². The molecule has 0 aliphatic carbocycles. The Kier molecular flexibility index (Phi) is 6.30. The molecule has 1 aromatic rings. The van der Waals surface area contributed by atoms with Gasteiger partial charge in [0.25, 0.3) is 0 Å². The van der Waals surface area contributed by atoms with Gasteiger partial charge in [-0.3, -0.25) is 0 Å². The number of ether oxygens (including phenoxy) is 2. The van der Waals surface area contributed by atoms with Gasteiger partial charge in [-0.2, -0.15) is 0 Å². The minimum Gasteiger partial charge on any atom is -0.399 e. The summed E-state index contributed by atoms with van der Waals surface area (Å²) in [4.78, 5) is 0. The average molecular weight is 309 g/mol. The van der Waals surface area contributed by atoms with Crippen molar-refractivity contribution in [2.24, 2.45) is 0 Å². The van der Waals surface area contributed by atoms with Crippen molar-refractivity contribution < 1.29 is 14.0 Å². The fourth-order valence-electron chi connectivity index (χ4n) is 2.64. The number of nitrogens with zero attached hydrogens (tertiary/aromatic N) is 1. The Balaban J connectivity index is 1.55. The highest BCUT2D eigenvalue weighted by Gasteiger charge is 2.24. The summed E-state index contributed by atoms with van der Waals surface area (Å²) >= 11 is 0. The molecule has 22 heavy (non-hydrogen) atoms. The predicted molar refractivity (Wildman–Crippen MR) is 90.8 cm³/mol. The first kappa shape index (κ1) is 16.9. The van der Waals surface area contributed by atoms with E-state index in [1.54, 1.807) is 6.07 Å². The van der Waals surface area contributed by atoms with Gasteiger partial charge in [0, 0.05) is 18.7 Å². The lowest BCUT2D eigenvalue weighted by Gasteiger charge is -2.37. The highest BCUT2D eigenvalue weighted by molar-refractivity contribution is 5.70. The summed E-state index contributed by atoms with van der Waals surface area (Å²) in [6.45, 7) is 7.31. The zero-order chi connectivity index (χ0) is 15.8. The number of nitrogens with two attached hydrogens (primary N) is 2. The lowest BCUT2D eigenvalue weighted by molar-refractivity contribution is -0.917. The van der Waals surface area contributed by atoms with Crippen molar-refractivity contribution in [3.05, 3.63) is 18.2 Å². The second kappa shape index (κ2) is 8.22. The van der Waals surface area contributed by atoms with Gasteiger partial charge in [-0.1, -0.05) is 0 Å². The quantitative estimate of drug-likeness (QED) is 0.381. The monoisotopic (exact) mass is 309 g/mol. The van der Waals surface area contributed by atoms with Crippen LogP contribution in [0.15, 0.2) is 18.2 Å². The number of rotatable bonds is 8. The molecule has 1 aliphatic rings. The molecule has 0 unspecified atom stereocenters. The van der Waals surface area contributed by atoms with E-state index < -0.39 is 0 Å². The SMILES string of the molecule is C[N+]1(CCCOCCNc2cc(N)ccc2N)CCOCC1. The number of quaternary nitrogens is 1. The number of nitrogen functional groups attached to an aromatic ring is 2. The lowest BCUT2D eigenvalue weighted by Crippen LogP contribution is -2.52. The second-order valence-electron chi connectivity index (χ2n) is 6.14. The van der Waals surface area contributed by atoms with E-state index in [1.807, 2.05) is 12.1 Å². The fraction of sp³-hybridized carbons (Fsp3) is 0.625. The van der Waals surface area contributed by atoms with E-state index in [1.165, 1.54) is 0 Å². The lowest BCUT2D eigenvalue weighted by atomic mass is 10.2. The second-order valence-corrected chi connectivity index (χ2v) is 6.14. The summed E-state index contributed by atoms with van der Waals surface area (Å²) in [6.07, 6.45) is 1.08. The molecular weight excluding hydrogens is 280 g/mol. The van der Waals surface area contributed by atoms with E-state index in [0.717, 1.165) is 62.6 Å². The van der Waals surface area contributed by atoms with E-state index in [4.69, 9.17) is 20.9 Å². The first-order chi connectivity index (χ1) is 10.6. The molecule has 1 fully saturated rings. The maximum Gasteiger partial charge on any atom is 0.102 e. The van der Waals surface area contributed by atoms with Gasteiger partial charge in [-0.05, 0) is 18.2 Å². The summed E-state index contributed by atoms with van der Waals surface area (Å²) in [6, 6.07) is 5.45. The molecule has 0 bridgehead atoms. The van der Waals surface area contributed by atoms with Gasteiger partial charge in [-0.15, -0.1) is 0 Å². The molecule has 6 heteroatoms. The smallest absolute Gasteiger partial charge is 0.102 e. The number of nitrogens with one attached hydrogen (secondary N) is 1. The standard InChI is InChI=1S/C16H29N4O2/c1-20(7-11-22-12-8-20)6-2-9-21-10-5-19-16-13-14(17)3-4-15(16)18/h3-4,13,19H,2,5-12,17-18H2,1H3/q+1. The maximum absolute atomic E-state index is 5.88. The Morgan fingerprint density at radius 2 is 2.00 bits per heavy atom. The summed E-state index contributed by atoms with van der Waals surface area (Å²) < 4.78 is 12.2. The zero-order valence-corrected chi connectivity index (χ0v) is 13.5. The van der Waals surface area contributed by atoms with Crippen molar-refractivity contribution in [2.45, 2.75) is 6.42 Å². The summed E-state index contributed by atoms with van der Waals surface area (Å²) in [5, 5.41) is 3.25. The summed E-state index contributed by atoms with van der Waals surface area (Å²) in [7, 11) is 2.30. The summed E-state index contributed by atoms with van der Waals surface area (Å²) in [5.74, 6) is 0. The largest absolute Gasteiger partial charge is 0.399 e. The van der Waals surface area contributed by atoms with E-state index in [9.17, 15) is 0 Å². The van der Waals surface area contributed by atoms with Crippen molar-refractivity contribution in [1.29, 1.82) is 0 Å². The Bertz CT molecular complexity index is 461. The minimum absolute atomic E-state index is 0.668. The normalized spacial score (nSPS) is 17.3. The van der Waals surface area contributed by atoms with E-state index in [0.29, 0.717) is 18.0 Å². The first-order valence-electron chi connectivity index (χ1n) is 7.97. The van der Waals surface area contributed by atoms with Crippen molar-refractivity contribution in [2.75, 3.05) is 76.4 Å². The topological polar surface area (TPSA) is 82.5 Å². The van der Waals surface area contributed by atoms with Crippen molar-refractivity contribution >= 4 is 17.1 Å². The molecule has 1 heterocycles. The summed E-state index contributed by atoms with van der Waals surface area (Å²) in [5.41, 5.74) is 13.9. The third kappa shape index (κ3) is 5.36. The van der Waals surface area contributed by atoms with Crippen molar-refractivity contribution in [3.8, 4) is 0 Å². The molecule has 1 aromatic carbocycles. The molecular formula is C16H29N4O2+.